The van der Waals surface area contributed by atoms with Crippen LogP contribution in [-0.2, 0) is 0 Å². The summed E-state index contributed by atoms with van der Waals surface area (Å²) in [6.07, 6.45) is 1.75. The van der Waals surface area contributed by atoms with E-state index in [1.165, 1.54) is 0 Å². The van der Waals surface area contributed by atoms with Crippen LogP contribution in [-0.4, -0.2) is 20.4 Å². The molecule has 0 aliphatic carbocycles. The number of carbonyl (C=O) groups excluding carboxylic acids is 1. The van der Waals surface area contributed by atoms with Crippen LogP contribution in [0.3, 0.4) is 0 Å². The Morgan fingerprint density at radius 1 is 1.38 bits per heavy atom. The minimum atomic E-state index is -0.241. The normalized spacial score (nSPS) is 11.2. The quantitative estimate of drug-likeness (QED) is 0.772. The summed E-state index contributed by atoms with van der Waals surface area (Å²) >= 11 is 6.00. The van der Waals surface area contributed by atoms with Crippen LogP contribution >= 0.6 is 11.6 Å². The molecule has 0 aliphatic heterocycles. The third-order valence-corrected chi connectivity index (χ3v) is 3.43. The van der Waals surface area contributed by atoms with E-state index >= 15 is 0 Å². The van der Waals surface area contributed by atoms with Crippen LogP contribution in [0.4, 0.5) is 5.95 Å². The number of nitrogens with zero attached hydrogens (tertiary/aromatic N) is 2. The monoisotopic (exact) mass is 302 g/mol. The largest absolute Gasteiger partial charge is 0.339 e. The Labute approximate surface area is 126 Å². The lowest BCUT2D eigenvalue weighted by Gasteiger charge is -2.11. The van der Waals surface area contributed by atoms with Gasteiger partial charge in [0.15, 0.2) is 0 Å². The van der Waals surface area contributed by atoms with E-state index in [1.54, 1.807) is 12.3 Å². The number of H-pyrrole nitrogens is 1. The maximum absolute atomic E-state index is 12.4. The highest BCUT2D eigenvalue weighted by Gasteiger charge is 2.16. The molecule has 0 unspecified atom stereocenters. The van der Waals surface area contributed by atoms with Crippen molar-refractivity contribution in [2.45, 2.75) is 19.9 Å². The molecular formula is C15H15ClN4O. The second-order valence-corrected chi connectivity index (χ2v) is 5.54. The van der Waals surface area contributed by atoms with Gasteiger partial charge in [-0.3, -0.25) is 10.1 Å². The van der Waals surface area contributed by atoms with Gasteiger partial charge in [0, 0.05) is 12.2 Å². The molecule has 2 aromatic heterocycles. The Kier molecular flexibility index (Phi) is 3.43. The average molecular weight is 303 g/mol. The lowest BCUT2D eigenvalue weighted by Crippen LogP contribution is -2.18. The third kappa shape index (κ3) is 2.64. The Morgan fingerprint density at radius 3 is 2.86 bits per heavy atom. The Hall–Kier alpha value is -2.27. The zero-order chi connectivity index (χ0) is 15.0. The molecule has 3 rings (SSSR count). The van der Waals surface area contributed by atoms with Gasteiger partial charge in [0.25, 0.3) is 5.91 Å². The van der Waals surface area contributed by atoms with Gasteiger partial charge in [-0.25, -0.2) is 4.98 Å². The lowest BCUT2D eigenvalue weighted by molar-refractivity contribution is 0.101. The van der Waals surface area contributed by atoms with Crippen LogP contribution < -0.4 is 5.32 Å². The SMILES string of the molecule is CC(C)n1cc(Cl)cc1C(=O)Nc1nc2ccccc2[nH]1. The molecule has 2 N–H and O–H groups in total. The molecule has 108 valence electrons. The first-order valence-corrected chi connectivity index (χ1v) is 7.06. The van der Waals surface area contributed by atoms with E-state index in [4.69, 9.17) is 11.6 Å². The van der Waals surface area contributed by atoms with Crippen LogP contribution in [0.25, 0.3) is 11.0 Å². The van der Waals surface area contributed by atoms with Crippen LogP contribution in [0.1, 0.15) is 30.4 Å². The van der Waals surface area contributed by atoms with Gasteiger partial charge >= 0.3 is 0 Å². The number of fused-ring (bicyclic) bond motifs is 1. The minimum Gasteiger partial charge on any atom is -0.339 e. The second-order valence-electron chi connectivity index (χ2n) is 5.10. The van der Waals surface area contributed by atoms with Crippen molar-refractivity contribution < 1.29 is 4.79 Å². The van der Waals surface area contributed by atoms with E-state index < -0.39 is 0 Å². The molecule has 3 aromatic rings. The Bertz CT molecular complexity index is 770. The highest BCUT2D eigenvalue weighted by molar-refractivity contribution is 6.31. The van der Waals surface area contributed by atoms with E-state index in [-0.39, 0.29) is 11.9 Å². The number of benzene rings is 1. The fraction of sp³-hybridized carbons (Fsp3) is 0.200. The number of nitrogens with one attached hydrogen (secondary N) is 2. The van der Waals surface area contributed by atoms with E-state index in [0.717, 1.165) is 11.0 Å². The molecule has 0 aliphatic rings. The molecule has 1 aromatic carbocycles. The van der Waals surface area contributed by atoms with Gasteiger partial charge in [0.05, 0.1) is 16.1 Å². The van der Waals surface area contributed by atoms with E-state index in [2.05, 4.69) is 15.3 Å². The predicted octanol–water partition coefficient (Wildman–Crippen LogP) is 3.85. The molecule has 2 heterocycles. The fourth-order valence-electron chi connectivity index (χ4n) is 2.24. The van der Waals surface area contributed by atoms with Gasteiger partial charge in [-0.2, -0.15) is 0 Å². The maximum Gasteiger partial charge on any atom is 0.274 e. The van der Waals surface area contributed by atoms with Gasteiger partial charge in [0.1, 0.15) is 5.69 Å². The predicted molar refractivity (Wildman–Crippen MR) is 83.9 cm³/mol. The number of hydrogen-bond acceptors (Lipinski definition) is 2. The number of anilines is 1. The summed E-state index contributed by atoms with van der Waals surface area (Å²) < 4.78 is 1.83. The highest BCUT2D eigenvalue weighted by atomic mass is 35.5. The smallest absolute Gasteiger partial charge is 0.274 e. The van der Waals surface area contributed by atoms with Gasteiger partial charge in [-0.05, 0) is 32.0 Å². The van der Waals surface area contributed by atoms with E-state index in [0.29, 0.717) is 16.7 Å². The zero-order valence-corrected chi connectivity index (χ0v) is 12.5. The van der Waals surface area contributed by atoms with Crippen molar-refractivity contribution in [3.8, 4) is 0 Å². The van der Waals surface area contributed by atoms with Crippen molar-refractivity contribution in [3.05, 3.63) is 47.2 Å². The number of amides is 1. The molecule has 5 nitrogen and oxygen atoms in total. The van der Waals surface area contributed by atoms with Crippen LogP contribution in [0.15, 0.2) is 36.5 Å². The average Bonchev–Trinajstić information content (AvgIpc) is 3.01. The fourth-order valence-corrected chi connectivity index (χ4v) is 2.45. The first-order chi connectivity index (χ1) is 10.0. The van der Waals surface area contributed by atoms with Crippen molar-refractivity contribution in [2.24, 2.45) is 0 Å². The van der Waals surface area contributed by atoms with Gasteiger partial charge < -0.3 is 9.55 Å². The summed E-state index contributed by atoms with van der Waals surface area (Å²) in [5.41, 5.74) is 2.20. The Morgan fingerprint density at radius 2 is 2.14 bits per heavy atom. The number of halogens is 1. The molecule has 0 saturated carbocycles. The van der Waals surface area contributed by atoms with Crippen molar-refractivity contribution in [3.63, 3.8) is 0 Å². The summed E-state index contributed by atoms with van der Waals surface area (Å²) in [6, 6.07) is 9.41. The summed E-state index contributed by atoms with van der Waals surface area (Å²) in [6.45, 7) is 3.99. The number of carbonyl (C=O) groups is 1. The third-order valence-electron chi connectivity index (χ3n) is 3.23. The van der Waals surface area contributed by atoms with Gasteiger partial charge in [-0.1, -0.05) is 23.7 Å². The molecule has 21 heavy (non-hydrogen) atoms. The number of hydrogen-bond donors (Lipinski definition) is 2. The molecule has 0 fully saturated rings. The first-order valence-electron chi connectivity index (χ1n) is 6.68. The molecule has 0 saturated heterocycles. The minimum absolute atomic E-state index is 0.147. The van der Waals surface area contributed by atoms with Crippen molar-refractivity contribution in [2.75, 3.05) is 5.32 Å². The van der Waals surface area contributed by atoms with Crippen LogP contribution in [0, 0.1) is 0 Å². The Balaban J connectivity index is 1.89. The lowest BCUT2D eigenvalue weighted by atomic mass is 10.3. The van der Waals surface area contributed by atoms with E-state index in [1.807, 2.05) is 42.7 Å². The highest BCUT2D eigenvalue weighted by Crippen LogP contribution is 2.20. The molecule has 0 atom stereocenters. The second kappa shape index (κ2) is 5.26. The molecular weight excluding hydrogens is 288 g/mol. The van der Waals surface area contributed by atoms with Crippen LogP contribution in [0.2, 0.25) is 5.02 Å². The van der Waals surface area contributed by atoms with Gasteiger partial charge in [-0.15, -0.1) is 0 Å². The zero-order valence-electron chi connectivity index (χ0n) is 11.7. The maximum atomic E-state index is 12.4. The van der Waals surface area contributed by atoms with Crippen molar-refractivity contribution >= 4 is 34.5 Å². The number of aromatic nitrogens is 3. The molecule has 0 bridgehead atoms. The van der Waals surface area contributed by atoms with Crippen molar-refractivity contribution in [1.29, 1.82) is 0 Å². The number of para-hydroxylation sites is 2. The van der Waals surface area contributed by atoms with Gasteiger partial charge in [0.2, 0.25) is 5.95 Å². The summed E-state index contributed by atoms with van der Waals surface area (Å²) in [4.78, 5) is 19.8. The topological polar surface area (TPSA) is 62.7 Å². The number of imidazole rings is 1. The number of rotatable bonds is 3. The summed E-state index contributed by atoms with van der Waals surface area (Å²) in [7, 11) is 0. The van der Waals surface area contributed by atoms with E-state index in [9.17, 15) is 4.79 Å². The summed E-state index contributed by atoms with van der Waals surface area (Å²) in [5, 5.41) is 3.31. The summed E-state index contributed by atoms with van der Waals surface area (Å²) in [5.74, 6) is 0.184. The van der Waals surface area contributed by atoms with Crippen LogP contribution in [0.5, 0.6) is 0 Å². The molecule has 6 heteroatoms. The first kappa shape index (κ1) is 13.7. The van der Waals surface area contributed by atoms with Crippen molar-refractivity contribution in [1.82, 2.24) is 14.5 Å². The molecule has 1 amide bonds. The molecule has 0 radical (unpaired) electrons. The standard InChI is InChI=1S/C15H15ClN4O/c1-9(2)20-8-10(16)7-13(20)14(21)19-15-17-11-5-3-4-6-12(11)18-15/h3-9H,1-2H3,(H2,17,18,19,21). The number of aromatic amines is 1. The molecule has 0 spiro atoms.